The molecule has 1 saturated heterocycles. The van der Waals surface area contributed by atoms with Crippen LogP contribution in [0.25, 0.3) is 0 Å². The highest BCUT2D eigenvalue weighted by Crippen LogP contribution is 2.24. The van der Waals surface area contributed by atoms with Crippen LogP contribution in [-0.2, 0) is 0 Å². The number of nitrogens with zero attached hydrogens (tertiary/aromatic N) is 3. The van der Waals surface area contributed by atoms with Gasteiger partial charge in [0, 0.05) is 43.9 Å². The minimum atomic E-state index is -0.192. The van der Waals surface area contributed by atoms with Crippen LogP contribution in [0.3, 0.4) is 0 Å². The third kappa shape index (κ3) is 4.68. The number of pyridine rings is 2. The van der Waals surface area contributed by atoms with Gasteiger partial charge in [0.15, 0.2) is 0 Å². The van der Waals surface area contributed by atoms with Crippen molar-refractivity contribution < 1.29 is 4.79 Å². The van der Waals surface area contributed by atoms with Gasteiger partial charge in [-0.2, -0.15) is 0 Å². The van der Waals surface area contributed by atoms with E-state index in [2.05, 4.69) is 37.6 Å². The molecule has 1 aliphatic heterocycles. The van der Waals surface area contributed by atoms with E-state index in [1.54, 1.807) is 12.3 Å². The van der Waals surface area contributed by atoms with Gasteiger partial charge in [0.25, 0.3) is 0 Å². The zero-order valence-electron chi connectivity index (χ0n) is 13.7. The van der Waals surface area contributed by atoms with Gasteiger partial charge in [-0.15, -0.1) is 0 Å². The van der Waals surface area contributed by atoms with E-state index in [1.165, 1.54) is 5.69 Å². The number of carbonyl (C=O) groups excluding carboxylic acids is 1. The van der Waals surface area contributed by atoms with Crippen molar-refractivity contribution in [3.05, 3.63) is 48.9 Å². The molecule has 0 radical (unpaired) electrons. The number of carbonyl (C=O) groups is 1. The molecular formula is C18H23N5O. The number of hydrogen-bond acceptors (Lipinski definition) is 4. The second kappa shape index (κ2) is 8.29. The Balaban J connectivity index is 1.34. The van der Waals surface area contributed by atoms with E-state index >= 15 is 0 Å². The molecule has 3 heterocycles. The van der Waals surface area contributed by atoms with E-state index in [4.69, 9.17) is 0 Å². The van der Waals surface area contributed by atoms with Crippen molar-refractivity contribution in [2.24, 2.45) is 5.92 Å². The second-order valence-corrected chi connectivity index (χ2v) is 6.02. The van der Waals surface area contributed by atoms with E-state index in [-0.39, 0.29) is 6.03 Å². The Morgan fingerprint density at radius 2 is 1.92 bits per heavy atom. The fraction of sp³-hybridized carbons (Fsp3) is 0.389. The van der Waals surface area contributed by atoms with Crippen LogP contribution in [-0.4, -0.2) is 35.6 Å². The summed E-state index contributed by atoms with van der Waals surface area (Å²) in [4.78, 5) is 22.4. The zero-order valence-corrected chi connectivity index (χ0v) is 13.7. The van der Waals surface area contributed by atoms with E-state index in [1.807, 2.05) is 24.5 Å². The molecule has 24 heavy (non-hydrogen) atoms. The third-order valence-corrected chi connectivity index (χ3v) is 4.39. The lowest BCUT2D eigenvalue weighted by Crippen LogP contribution is -2.36. The summed E-state index contributed by atoms with van der Waals surface area (Å²) in [5, 5.41) is 5.64. The first kappa shape index (κ1) is 16.2. The average Bonchev–Trinajstić information content (AvgIpc) is 2.64. The molecule has 2 aromatic rings. The van der Waals surface area contributed by atoms with Gasteiger partial charge >= 0.3 is 6.03 Å². The number of anilines is 2. The summed E-state index contributed by atoms with van der Waals surface area (Å²) in [6.45, 7) is 2.82. The van der Waals surface area contributed by atoms with Crippen molar-refractivity contribution in [1.82, 2.24) is 15.3 Å². The molecular weight excluding hydrogens is 302 g/mol. The highest BCUT2D eigenvalue weighted by atomic mass is 16.2. The molecule has 6 nitrogen and oxygen atoms in total. The first-order valence-corrected chi connectivity index (χ1v) is 8.42. The molecule has 6 heteroatoms. The van der Waals surface area contributed by atoms with Crippen molar-refractivity contribution in [3.8, 4) is 0 Å². The number of piperidine rings is 1. The van der Waals surface area contributed by atoms with Gasteiger partial charge in [0.1, 0.15) is 5.82 Å². The Bertz CT molecular complexity index is 626. The highest BCUT2D eigenvalue weighted by Gasteiger charge is 2.19. The molecule has 0 unspecified atom stereocenters. The molecule has 0 aliphatic carbocycles. The molecule has 0 atom stereocenters. The normalized spacial score (nSPS) is 15.1. The number of rotatable bonds is 5. The first-order valence-electron chi connectivity index (χ1n) is 8.42. The van der Waals surface area contributed by atoms with Gasteiger partial charge in [-0.05, 0) is 49.4 Å². The molecule has 1 fully saturated rings. The molecule has 2 N–H and O–H groups in total. The van der Waals surface area contributed by atoms with Crippen molar-refractivity contribution in [3.63, 3.8) is 0 Å². The Morgan fingerprint density at radius 3 is 2.62 bits per heavy atom. The molecule has 2 amide bonds. The van der Waals surface area contributed by atoms with E-state index in [9.17, 15) is 4.79 Å². The number of aromatic nitrogens is 2. The minimum absolute atomic E-state index is 0.192. The van der Waals surface area contributed by atoms with Gasteiger partial charge < -0.3 is 10.2 Å². The summed E-state index contributed by atoms with van der Waals surface area (Å²) in [5.74, 6) is 1.24. The largest absolute Gasteiger partial charge is 0.371 e. The quantitative estimate of drug-likeness (QED) is 0.887. The maximum Gasteiger partial charge on any atom is 0.320 e. The monoisotopic (exact) mass is 325 g/mol. The molecule has 3 rings (SSSR count). The lowest BCUT2D eigenvalue weighted by molar-refractivity contribution is 0.250. The fourth-order valence-electron chi connectivity index (χ4n) is 3.02. The smallest absolute Gasteiger partial charge is 0.320 e. The van der Waals surface area contributed by atoms with E-state index in [0.717, 1.165) is 32.4 Å². The van der Waals surface area contributed by atoms with Crippen LogP contribution in [0.5, 0.6) is 0 Å². The summed E-state index contributed by atoms with van der Waals surface area (Å²) in [6.07, 6.45) is 8.67. The van der Waals surface area contributed by atoms with Gasteiger partial charge in [-0.1, -0.05) is 6.07 Å². The molecule has 126 valence electrons. The van der Waals surface area contributed by atoms with Crippen LogP contribution in [0, 0.1) is 5.92 Å². The van der Waals surface area contributed by atoms with Crippen LogP contribution >= 0.6 is 0 Å². The standard InChI is InChI=1S/C18H23N5O/c24-18(22-17-3-1-2-9-20-17)21-12-4-15-7-13-23(14-8-15)16-5-10-19-11-6-16/h1-3,5-6,9-11,15H,4,7-8,12-14H2,(H2,20,21,22,24). The summed E-state index contributed by atoms with van der Waals surface area (Å²) in [5.41, 5.74) is 1.25. The van der Waals surface area contributed by atoms with Crippen LogP contribution in [0.1, 0.15) is 19.3 Å². The highest BCUT2D eigenvalue weighted by molar-refractivity contribution is 5.88. The molecule has 1 aliphatic rings. The Kier molecular flexibility index (Phi) is 5.61. The van der Waals surface area contributed by atoms with Gasteiger partial charge in [0.05, 0.1) is 0 Å². The Morgan fingerprint density at radius 1 is 1.12 bits per heavy atom. The predicted molar refractivity (Wildman–Crippen MR) is 95.0 cm³/mol. The van der Waals surface area contributed by atoms with Crippen molar-refractivity contribution in [1.29, 1.82) is 0 Å². The zero-order chi connectivity index (χ0) is 16.6. The summed E-state index contributed by atoms with van der Waals surface area (Å²) in [7, 11) is 0. The van der Waals surface area contributed by atoms with E-state index < -0.39 is 0 Å². The molecule has 0 spiro atoms. The van der Waals surface area contributed by atoms with Crippen molar-refractivity contribution in [2.45, 2.75) is 19.3 Å². The van der Waals surface area contributed by atoms with Gasteiger partial charge in [-0.25, -0.2) is 9.78 Å². The van der Waals surface area contributed by atoms with Gasteiger partial charge in [0.2, 0.25) is 0 Å². The summed E-state index contributed by atoms with van der Waals surface area (Å²) >= 11 is 0. The SMILES string of the molecule is O=C(NCCC1CCN(c2ccncc2)CC1)Nc1ccccn1. The minimum Gasteiger partial charge on any atom is -0.371 e. The van der Waals surface area contributed by atoms with Crippen molar-refractivity contribution >= 4 is 17.5 Å². The van der Waals surface area contributed by atoms with Crippen LogP contribution < -0.4 is 15.5 Å². The Hall–Kier alpha value is -2.63. The maximum atomic E-state index is 11.8. The number of urea groups is 1. The fourth-order valence-corrected chi connectivity index (χ4v) is 3.02. The van der Waals surface area contributed by atoms with E-state index in [0.29, 0.717) is 18.3 Å². The van der Waals surface area contributed by atoms with Crippen LogP contribution in [0.4, 0.5) is 16.3 Å². The number of hydrogen-bond donors (Lipinski definition) is 2. The predicted octanol–water partition coefficient (Wildman–Crippen LogP) is 2.90. The van der Waals surface area contributed by atoms with Crippen LogP contribution in [0.15, 0.2) is 48.9 Å². The van der Waals surface area contributed by atoms with Crippen molar-refractivity contribution in [2.75, 3.05) is 29.9 Å². The Labute approximate surface area is 142 Å². The molecule has 0 aromatic carbocycles. The number of amides is 2. The molecule has 2 aromatic heterocycles. The molecule has 0 saturated carbocycles. The summed E-state index contributed by atoms with van der Waals surface area (Å²) in [6, 6.07) is 9.37. The third-order valence-electron chi connectivity index (χ3n) is 4.39. The lowest BCUT2D eigenvalue weighted by atomic mass is 9.93. The molecule has 0 bridgehead atoms. The van der Waals surface area contributed by atoms with Crippen LogP contribution in [0.2, 0.25) is 0 Å². The first-order chi connectivity index (χ1) is 11.8. The lowest BCUT2D eigenvalue weighted by Gasteiger charge is -2.33. The second-order valence-electron chi connectivity index (χ2n) is 6.02. The maximum absolute atomic E-state index is 11.8. The van der Waals surface area contributed by atoms with Gasteiger partial charge in [-0.3, -0.25) is 10.3 Å². The number of nitrogens with one attached hydrogen (secondary N) is 2. The topological polar surface area (TPSA) is 70.2 Å². The average molecular weight is 325 g/mol. The summed E-state index contributed by atoms with van der Waals surface area (Å²) < 4.78 is 0.